The lowest BCUT2D eigenvalue weighted by Gasteiger charge is -2.28. The molecule has 0 aliphatic heterocycles. The summed E-state index contributed by atoms with van der Waals surface area (Å²) in [4.78, 5) is 26.6. The van der Waals surface area contributed by atoms with Crippen LogP contribution in [-0.4, -0.2) is 35.6 Å². The normalized spacial score (nSPS) is 11.7. The van der Waals surface area contributed by atoms with Crippen molar-refractivity contribution in [3.05, 3.63) is 69.7 Å². The maximum atomic E-state index is 12.9. The number of carbonyl (C=O) groups is 2. The van der Waals surface area contributed by atoms with Crippen LogP contribution in [0.15, 0.2) is 53.0 Å². The van der Waals surface area contributed by atoms with Gasteiger partial charge in [0.05, 0.1) is 5.75 Å². The summed E-state index contributed by atoms with van der Waals surface area (Å²) in [7, 11) is 1.59. The fourth-order valence-electron chi connectivity index (χ4n) is 2.76. The maximum Gasteiger partial charge on any atom is 0.242 e. The minimum absolute atomic E-state index is 0.0382. The van der Waals surface area contributed by atoms with E-state index in [4.69, 9.17) is 0 Å². The molecule has 0 saturated carbocycles. The Morgan fingerprint density at radius 1 is 1.15 bits per heavy atom. The number of nitrogens with one attached hydrogen (secondary N) is 1. The lowest BCUT2D eigenvalue weighted by Crippen LogP contribution is -2.47. The predicted octanol–water partition coefficient (Wildman–Crippen LogP) is 4.15. The molecule has 2 aromatic rings. The van der Waals surface area contributed by atoms with E-state index in [9.17, 15) is 9.59 Å². The van der Waals surface area contributed by atoms with Gasteiger partial charge in [0.25, 0.3) is 0 Å². The molecule has 0 aliphatic carbocycles. The Labute approximate surface area is 173 Å². The van der Waals surface area contributed by atoms with Crippen molar-refractivity contribution in [2.45, 2.75) is 32.2 Å². The Balaban J connectivity index is 2.04. The number of carbonyl (C=O) groups excluding carboxylic acids is 2. The van der Waals surface area contributed by atoms with Crippen LogP contribution in [0.2, 0.25) is 0 Å². The number of rotatable bonds is 8. The van der Waals surface area contributed by atoms with Crippen LogP contribution in [0.25, 0.3) is 0 Å². The van der Waals surface area contributed by atoms with Crippen LogP contribution >= 0.6 is 27.7 Å². The van der Waals surface area contributed by atoms with E-state index >= 15 is 0 Å². The molecule has 1 N–H and O–H groups in total. The molecular weight excluding hydrogens is 424 g/mol. The van der Waals surface area contributed by atoms with Crippen molar-refractivity contribution >= 4 is 39.5 Å². The quantitative estimate of drug-likeness (QED) is 0.659. The molecule has 0 radical (unpaired) electrons. The number of aryl methyl sites for hydroxylation is 1. The molecule has 4 nitrogen and oxygen atoms in total. The first-order chi connectivity index (χ1) is 12.9. The number of thioether (sulfide) groups is 1. The Kier molecular flexibility index (Phi) is 8.38. The minimum atomic E-state index is -0.527. The number of nitrogens with zero attached hydrogens (tertiary/aromatic N) is 1. The molecule has 144 valence electrons. The van der Waals surface area contributed by atoms with Gasteiger partial charge in [0, 0.05) is 23.8 Å². The highest BCUT2D eigenvalue weighted by Crippen LogP contribution is 2.18. The number of likely N-dealkylation sites (N-methyl/N-ethyl adjacent to an activating group) is 1. The second kappa shape index (κ2) is 10.5. The molecule has 0 fully saturated rings. The van der Waals surface area contributed by atoms with Gasteiger partial charge in [-0.1, -0.05) is 57.9 Å². The number of hydrogen-bond donors (Lipinski definition) is 1. The zero-order valence-electron chi connectivity index (χ0n) is 15.9. The third-order valence-electron chi connectivity index (χ3n) is 4.23. The zero-order valence-corrected chi connectivity index (χ0v) is 18.3. The Hall–Kier alpha value is -1.79. The highest BCUT2D eigenvalue weighted by molar-refractivity contribution is 9.10. The van der Waals surface area contributed by atoms with Crippen molar-refractivity contribution in [3.63, 3.8) is 0 Å². The van der Waals surface area contributed by atoms with Crippen molar-refractivity contribution in [1.29, 1.82) is 0 Å². The third kappa shape index (κ3) is 6.70. The van der Waals surface area contributed by atoms with Crippen molar-refractivity contribution in [2.75, 3.05) is 12.8 Å². The van der Waals surface area contributed by atoms with Gasteiger partial charge in [-0.25, -0.2) is 0 Å². The molecule has 0 saturated heterocycles. The molecule has 2 rings (SSSR count). The first kappa shape index (κ1) is 21.5. The third-order valence-corrected chi connectivity index (χ3v) is 5.71. The molecule has 0 spiro atoms. The lowest BCUT2D eigenvalue weighted by atomic mass is 10.1. The monoisotopic (exact) mass is 448 g/mol. The van der Waals surface area contributed by atoms with Crippen LogP contribution in [0.3, 0.4) is 0 Å². The maximum absolute atomic E-state index is 12.9. The second-order valence-corrected chi connectivity index (χ2v) is 8.32. The van der Waals surface area contributed by atoms with Crippen LogP contribution in [-0.2, 0) is 21.9 Å². The minimum Gasteiger partial charge on any atom is -0.357 e. The van der Waals surface area contributed by atoms with Crippen LogP contribution < -0.4 is 5.32 Å². The average Bonchev–Trinajstić information content (AvgIpc) is 2.65. The summed E-state index contributed by atoms with van der Waals surface area (Å²) in [6.07, 6.45) is 0. The highest BCUT2D eigenvalue weighted by Gasteiger charge is 2.25. The molecular formula is C21H25BrN2O2S. The van der Waals surface area contributed by atoms with E-state index in [1.165, 1.54) is 11.1 Å². The van der Waals surface area contributed by atoms with Crippen molar-refractivity contribution in [1.82, 2.24) is 10.2 Å². The van der Waals surface area contributed by atoms with Gasteiger partial charge in [-0.15, -0.1) is 11.8 Å². The summed E-state index contributed by atoms with van der Waals surface area (Å²) in [6.45, 7) is 4.22. The first-order valence-electron chi connectivity index (χ1n) is 8.79. The van der Waals surface area contributed by atoms with Gasteiger partial charge in [0.15, 0.2) is 0 Å². The van der Waals surface area contributed by atoms with Gasteiger partial charge in [-0.3, -0.25) is 9.59 Å². The summed E-state index contributed by atoms with van der Waals surface area (Å²) in [5.41, 5.74) is 3.40. The molecule has 0 aromatic heterocycles. The summed E-state index contributed by atoms with van der Waals surface area (Å²) in [5.74, 6) is 0.904. The number of halogens is 1. The Morgan fingerprint density at radius 3 is 2.52 bits per heavy atom. The highest BCUT2D eigenvalue weighted by atomic mass is 79.9. The summed E-state index contributed by atoms with van der Waals surface area (Å²) in [6, 6.07) is 15.6. The Bertz CT molecular complexity index is 797. The summed E-state index contributed by atoms with van der Waals surface area (Å²) in [5, 5.41) is 2.64. The van der Waals surface area contributed by atoms with Gasteiger partial charge in [-0.05, 0) is 37.1 Å². The molecule has 2 aromatic carbocycles. The first-order valence-corrected chi connectivity index (χ1v) is 10.7. The zero-order chi connectivity index (χ0) is 19.8. The molecule has 2 amide bonds. The van der Waals surface area contributed by atoms with Gasteiger partial charge < -0.3 is 10.2 Å². The van der Waals surface area contributed by atoms with Gasteiger partial charge in [0.2, 0.25) is 11.8 Å². The topological polar surface area (TPSA) is 49.4 Å². The summed E-state index contributed by atoms with van der Waals surface area (Å²) < 4.78 is 0.953. The molecule has 0 heterocycles. The van der Waals surface area contributed by atoms with Crippen molar-refractivity contribution < 1.29 is 9.59 Å². The fraction of sp³-hybridized carbons (Fsp3) is 0.333. The predicted molar refractivity (Wildman–Crippen MR) is 116 cm³/mol. The van der Waals surface area contributed by atoms with Gasteiger partial charge in [0.1, 0.15) is 6.04 Å². The second-order valence-electron chi connectivity index (χ2n) is 6.42. The largest absolute Gasteiger partial charge is 0.357 e. The number of benzene rings is 2. The fourth-order valence-corrected chi connectivity index (χ4v) is 4.07. The lowest BCUT2D eigenvalue weighted by molar-refractivity contribution is -0.138. The summed E-state index contributed by atoms with van der Waals surface area (Å²) >= 11 is 5.03. The SMILES string of the molecule is CNC(=O)[C@H](C)N(Cc1cccc(Br)c1)C(=O)CSCc1cccc(C)c1. The van der Waals surface area contributed by atoms with Crippen LogP contribution in [0.5, 0.6) is 0 Å². The molecule has 0 unspecified atom stereocenters. The molecule has 0 bridgehead atoms. The molecule has 27 heavy (non-hydrogen) atoms. The molecule has 0 aliphatic rings. The van der Waals surface area contributed by atoms with Crippen LogP contribution in [0, 0.1) is 6.92 Å². The van der Waals surface area contributed by atoms with Crippen LogP contribution in [0.1, 0.15) is 23.6 Å². The van der Waals surface area contributed by atoms with Crippen molar-refractivity contribution in [2.24, 2.45) is 0 Å². The van der Waals surface area contributed by atoms with E-state index in [1.54, 1.807) is 30.6 Å². The van der Waals surface area contributed by atoms with Gasteiger partial charge in [-0.2, -0.15) is 0 Å². The van der Waals surface area contributed by atoms with E-state index in [0.717, 1.165) is 15.8 Å². The molecule has 1 atom stereocenters. The smallest absolute Gasteiger partial charge is 0.242 e. The average molecular weight is 449 g/mol. The van der Waals surface area contributed by atoms with E-state index < -0.39 is 6.04 Å². The van der Waals surface area contributed by atoms with Gasteiger partial charge >= 0.3 is 0 Å². The van der Waals surface area contributed by atoms with E-state index in [-0.39, 0.29) is 11.8 Å². The standard InChI is InChI=1S/C21H25BrN2O2S/c1-15-6-4-8-18(10-15)13-27-14-20(25)24(16(2)21(26)23-3)12-17-7-5-9-19(22)11-17/h4-11,16H,12-14H2,1-3H3,(H,23,26)/t16-/m0/s1. The van der Waals surface area contributed by atoms with E-state index in [2.05, 4.69) is 46.4 Å². The molecule has 6 heteroatoms. The van der Waals surface area contributed by atoms with Crippen LogP contribution in [0.4, 0.5) is 0 Å². The Morgan fingerprint density at radius 2 is 1.85 bits per heavy atom. The van der Waals surface area contributed by atoms with E-state index in [0.29, 0.717) is 12.3 Å². The van der Waals surface area contributed by atoms with E-state index in [1.807, 2.05) is 30.3 Å². The number of hydrogen-bond acceptors (Lipinski definition) is 3. The van der Waals surface area contributed by atoms with Crippen molar-refractivity contribution in [3.8, 4) is 0 Å². The number of amides is 2.